The van der Waals surface area contributed by atoms with Gasteiger partial charge in [0.15, 0.2) is 0 Å². The van der Waals surface area contributed by atoms with Crippen molar-refractivity contribution in [2.24, 2.45) is 0 Å². The molecule has 0 radical (unpaired) electrons. The summed E-state index contributed by atoms with van der Waals surface area (Å²) in [6.45, 7) is 0. The van der Waals surface area contributed by atoms with E-state index in [0.717, 1.165) is 4.47 Å². The average molecular weight is 241 g/mol. The topological polar surface area (TPSA) is 77.8 Å². The number of halogens is 1. The molecule has 0 saturated heterocycles. The fourth-order valence-corrected chi connectivity index (χ4v) is 1.24. The van der Waals surface area contributed by atoms with Crippen LogP contribution in [0.3, 0.4) is 0 Å². The number of anilines is 1. The summed E-state index contributed by atoms with van der Waals surface area (Å²) in [6, 6.07) is 1.77. The molecule has 2 aromatic rings. The summed E-state index contributed by atoms with van der Waals surface area (Å²) in [5.41, 5.74) is 6.25. The van der Waals surface area contributed by atoms with Crippen molar-refractivity contribution >= 4 is 21.7 Å². The predicted octanol–water partition coefficient (Wildman–Crippen LogP) is 1.48. The van der Waals surface area contributed by atoms with Gasteiger partial charge in [0.1, 0.15) is 5.82 Å². The number of aromatic nitrogens is 3. The van der Waals surface area contributed by atoms with E-state index in [1.807, 2.05) is 0 Å². The summed E-state index contributed by atoms with van der Waals surface area (Å²) in [5.74, 6) is 0.735. The highest BCUT2D eigenvalue weighted by atomic mass is 79.9. The van der Waals surface area contributed by atoms with Crippen LogP contribution >= 0.6 is 15.9 Å². The van der Waals surface area contributed by atoms with Crippen molar-refractivity contribution in [3.63, 3.8) is 0 Å². The Hall–Kier alpha value is -1.43. The summed E-state index contributed by atoms with van der Waals surface area (Å²) in [7, 11) is 0. The molecule has 13 heavy (non-hydrogen) atoms. The van der Waals surface area contributed by atoms with Gasteiger partial charge in [-0.3, -0.25) is 0 Å². The van der Waals surface area contributed by atoms with Gasteiger partial charge in [-0.25, -0.2) is 4.98 Å². The quantitative estimate of drug-likeness (QED) is 0.817. The smallest absolute Gasteiger partial charge is 0.251 e. The average Bonchev–Trinajstić information content (AvgIpc) is 2.61. The highest BCUT2D eigenvalue weighted by molar-refractivity contribution is 9.10. The van der Waals surface area contributed by atoms with Crippen LogP contribution in [0, 0.1) is 0 Å². The van der Waals surface area contributed by atoms with Crippen LogP contribution in [0.15, 0.2) is 27.5 Å². The molecule has 0 aromatic carbocycles. The Kier molecular flexibility index (Phi) is 1.97. The first-order valence-electron chi connectivity index (χ1n) is 3.45. The van der Waals surface area contributed by atoms with Gasteiger partial charge >= 0.3 is 0 Å². The van der Waals surface area contributed by atoms with E-state index in [2.05, 4.69) is 31.1 Å². The lowest BCUT2D eigenvalue weighted by Gasteiger charge is -1.99. The first kappa shape index (κ1) is 8.18. The third kappa shape index (κ3) is 1.52. The maximum absolute atomic E-state index is 5.62. The van der Waals surface area contributed by atoms with Crippen LogP contribution in [-0.2, 0) is 0 Å². The van der Waals surface area contributed by atoms with Gasteiger partial charge in [-0.1, -0.05) is 0 Å². The fraction of sp³-hybridized carbons (Fsp3) is 0. The largest absolute Gasteiger partial charge is 0.423 e. The number of pyridine rings is 1. The number of nitrogen functional groups attached to an aromatic ring is 1. The van der Waals surface area contributed by atoms with Gasteiger partial charge in [0.25, 0.3) is 5.89 Å². The fourth-order valence-electron chi connectivity index (χ4n) is 0.912. The molecule has 0 aliphatic heterocycles. The Labute approximate surface area is 82.1 Å². The van der Waals surface area contributed by atoms with Crippen LogP contribution in [0.1, 0.15) is 0 Å². The van der Waals surface area contributed by atoms with Crippen molar-refractivity contribution in [1.82, 2.24) is 15.2 Å². The van der Waals surface area contributed by atoms with Crippen LogP contribution in [0.4, 0.5) is 5.82 Å². The Bertz CT molecular complexity index is 414. The lowest BCUT2D eigenvalue weighted by atomic mass is 10.2. The van der Waals surface area contributed by atoms with E-state index in [1.54, 1.807) is 12.3 Å². The van der Waals surface area contributed by atoms with Crippen LogP contribution in [-0.4, -0.2) is 15.2 Å². The summed E-state index contributed by atoms with van der Waals surface area (Å²) in [5, 5.41) is 7.28. The SMILES string of the molecule is Nc1ncc(Br)cc1-c1nnco1. The lowest BCUT2D eigenvalue weighted by Crippen LogP contribution is -1.93. The Balaban J connectivity index is 2.57. The molecule has 0 atom stereocenters. The van der Waals surface area contributed by atoms with Crippen molar-refractivity contribution in [1.29, 1.82) is 0 Å². The van der Waals surface area contributed by atoms with E-state index in [9.17, 15) is 0 Å². The third-order valence-electron chi connectivity index (χ3n) is 1.48. The molecule has 0 aliphatic carbocycles. The molecule has 0 aliphatic rings. The minimum atomic E-state index is 0.367. The van der Waals surface area contributed by atoms with E-state index in [1.165, 1.54) is 6.39 Å². The molecule has 5 nitrogen and oxygen atoms in total. The minimum absolute atomic E-state index is 0.367. The van der Waals surface area contributed by atoms with Crippen LogP contribution < -0.4 is 5.73 Å². The summed E-state index contributed by atoms with van der Waals surface area (Å²) < 4.78 is 5.81. The molecule has 2 heterocycles. The van der Waals surface area contributed by atoms with Gasteiger partial charge in [0.05, 0.1) is 5.56 Å². The van der Waals surface area contributed by atoms with Gasteiger partial charge < -0.3 is 10.2 Å². The molecule has 2 rings (SSSR count). The van der Waals surface area contributed by atoms with Gasteiger partial charge in [0, 0.05) is 10.7 Å². The molecule has 2 aromatic heterocycles. The monoisotopic (exact) mass is 240 g/mol. The molecule has 0 amide bonds. The Morgan fingerprint density at radius 1 is 1.46 bits per heavy atom. The Morgan fingerprint density at radius 2 is 2.31 bits per heavy atom. The predicted molar refractivity (Wildman–Crippen MR) is 49.6 cm³/mol. The normalized spacial score (nSPS) is 10.2. The molecule has 0 spiro atoms. The number of nitrogens with zero attached hydrogens (tertiary/aromatic N) is 3. The van der Waals surface area contributed by atoms with E-state index < -0.39 is 0 Å². The van der Waals surface area contributed by atoms with Gasteiger partial charge in [-0.2, -0.15) is 0 Å². The van der Waals surface area contributed by atoms with E-state index in [4.69, 9.17) is 10.2 Å². The van der Waals surface area contributed by atoms with Gasteiger partial charge in [0.2, 0.25) is 6.39 Å². The number of hydrogen-bond acceptors (Lipinski definition) is 5. The second-order valence-electron chi connectivity index (χ2n) is 2.33. The molecule has 0 saturated carbocycles. The van der Waals surface area contributed by atoms with E-state index in [-0.39, 0.29) is 0 Å². The second kappa shape index (κ2) is 3.14. The molecule has 6 heteroatoms. The second-order valence-corrected chi connectivity index (χ2v) is 3.25. The number of hydrogen-bond donors (Lipinski definition) is 1. The first-order chi connectivity index (χ1) is 6.27. The molecule has 66 valence electrons. The number of rotatable bonds is 1. The van der Waals surface area contributed by atoms with Crippen molar-refractivity contribution in [3.05, 3.63) is 23.1 Å². The number of nitrogens with two attached hydrogens (primary N) is 1. The van der Waals surface area contributed by atoms with Crippen LogP contribution in [0.25, 0.3) is 11.5 Å². The van der Waals surface area contributed by atoms with Gasteiger partial charge in [-0.15, -0.1) is 10.2 Å². The van der Waals surface area contributed by atoms with Crippen molar-refractivity contribution in [3.8, 4) is 11.5 Å². The van der Waals surface area contributed by atoms with Crippen molar-refractivity contribution < 1.29 is 4.42 Å². The van der Waals surface area contributed by atoms with Crippen LogP contribution in [0.2, 0.25) is 0 Å². The maximum atomic E-state index is 5.62. The summed E-state index contributed by atoms with van der Waals surface area (Å²) in [4.78, 5) is 3.94. The lowest BCUT2D eigenvalue weighted by molar-refractivity contribution is 0.568. The zero-order valence-electron chi connectivity index (χ0n) is 6.44. The third-order valence-corrected chi connectivity index (χ3v) is 1.91. The highest BCUT2D eigenvalue weighted by Crippen LogP contribution is 2.24. The van der Waals surface area contributed by atoms with Crippen LogP contribution in [0.5, 0.6) is 0 Å². The molecule has 0 bridgehead atoms. The van der Waals surface area contributed by atoms with E-state index >= 15 is 0 Å². The molecular weight excluding hydrogens is 236 g/mol. The van der Waals surface area contributed by atoms with Crippen molar-refractivity contribution in [2.45, 2.75) is 0 Å². The molecule has 0 unspecified atom stereocenters. The zero-order valence-corrected chi connectivity index (χ0v) is 8.02. The summed E-state index contributed by atoms with van der Waals surface area (Å²) >= 11 is 3.27. The van der Waals surface area contributed by atoms with Crippen molar-refractivity contribution in [2.75, 3.05) is 5.73 Å². The Morgan fingerprint density at radius 3 is 3.00 bits per heavy atom. The first-order valence-corrected chi connectivity index (χ1v) is 4.24. The summed E-state index contributed by atoms with van der Waals surface area (Å²) in [6.07, 6.45) is 2.85. The maximum Gasteiger partial charge on any atom is 0.251 e. The molecular formula is C7H5BrN4O. The van der Waals surface area contributed by atoms with E-state index in [0.29, 0.717) is 17.3 Å². The van der Waals surface area contributed by atoms with Gasteiger partial charge in [-0.05, 0) is 22.0 Å². The molecule has 2 N–H and O–H groups in total. The standard InChI is InChI=1S/C7H5BrN4O/c8-4-1-5(6(9)10-2-4)7-12-11-3-13-7/h1-3H,(H2,9,10). The zero-order chi connectivity index (χ0) is 9.26. The molecule has 0 fully saturated rings. The minimum Gasteiger partial charge on any atom is -0.423 e. The highest BCUT2D eigenvalue weighted by Gasteiger charge is 2.08.